The van der Waals surface area contributed by atoms with E-state index in [1.807, 2.05) is 78.6 Å². The fraction of sp³-hybridized carbons (Fsp3) is 0.133. The molecule has 7 nitrogen and oxygen atoms in total. The van der Waals surface area contributed by atoms with Crippen molar-refractivity contribution >= 4 is 28.8 Å². The van der Waals surface area contributed by atoms with Gasteiger partial charge in [-0.15, -0.1) is 0 Å². The van der Waals surface area contributed by atoms with Gasteiger partial charge >= 0.3 is 5.97 Å². The molecule has 0 spiro atoms. The van der Waals surface area contributed by atoms with Crippen LogP contribution in [0.15, 0.2) is 109 Å². The van der Waals surface area contributed by atoms with Crippen LogP contribution in [0, 0.1) is 13.8 Å². The summed E-state index contributed by atoms with van der Waals surface area (Å²) >= 11 is 0. The monoisotopic (exact) mass is 492 g/mol. The van der Waals surface area contributed by atoms with Crippen LogP contribution in [0.2, 0.25) is 0 Å². The Morgan fingerprint density at radius 3 is 1.84 bits per heavy atom. The van der Waals surface area contributed by atoms with Crippen LogP contribution in [0.1, 0.15) is 34.0 Å². The summed E-state index contributed by atoms with van der Waals surface area (Å²) in [6.45, 7) is 5.88. The van der Waals surface area contributed by atoms with Crippen LogP contribution in [0.5, 0.6) is 0 Å². The highest BCUT2D eigenvalue weighted by atomic mass is 16.4. The zero-order chi connectivity index (χ0) is 26.4. The van der Waals surface area contributed by atoms with Crippen LogP contribution in [0.25, 0.3) is 5.70 Å². The van der Waals surface area contributed by atoms with E-state index < -0.39 is 11.7 Å². The molecule has 0 radical (unpaired) electrons. The summed E-state index contributed by atoms with van der Waals surface area (Å²) in [6.07, 6.45) is 8.36. The average molecular weight is 493 g/mol. The Hall–Kier alpha value is -4.62. The van der Waals surface area contributed by atoms with Gasteiger partial charge in [0.05, 0.1) is 22.7 Å². The second-order valence-corrected chi connectivity index (χ2v) is 8.83. The van der Waals surface area contributed by atoms with Crippen molar-refractivity contribution in [3.05, 3.63) is 126 Å². The van der Waals surface area contributed by atoms with Crippen LogP contribution in [-0.2, 0) is 0 Å². The van der Waals surface area contributed by atoms with Crippen molar-refractivity contribution in [2.45, 2.75) is 26.5 Å². The summed E-state index contributed by atoms with van der Waals surface area (Å²) in [5.41, 5.74) is 5.53. The molecule has 1 atom stereocenters. The van der Waals surface area contributed by atoms with Gasteiger partial charge in [0.25, 0.3) is 0 Å². The van der Waals surface area contributed by atoms with Crippen LogP contribution in [0.3, 0.4) is 0 Å². The molecule has 186 valence electrons. The molecule has 5 rings (SSSR count). The van der Waals surface area contributed by atoms with E-state index in [2.05, 4.69) is 16.9 Å². The largest absolute Gasteiger partial charge is 0.478 e. The minimum absolute atomic E-state index is 0.269. The molecular weight excluding hydrogens is 464 g/mol. The van der Waals surface area contributed by atoms with Crippen molar-refractivity contribution in [1.29, 1.82) is 0 Å². The first-order valence-corrected chi connectivity index (χ1v) is 11.8. The molecule has 2 N–H and O–H groups in total. The van der Waals surface area contributed by atoms with Gasteiger partial charge in [-0.25, -0.2) is 9.79 Å². The topological polar surface area (TPSA) is 98.9 Å². The van der Waals surface area contributed by atoms with Crippen LogP contribution >= 0.6 is 0 Å². The molecular formula is C30H28N4O3. The van der Waals surface area contributed by atoms with E-state index in [0.717, 1.165) is 22.6 Å². The number of hydrogen-bond acceptors (Lipinski definition) is 6. The SMILES string of the molecule is Cc1ccc(N=C2C=C(c3ccncc3)N(c3ccc(C)cc3)[C@]2(C)O)cc1.O=C(O)c1ccncc1. The fourth-order valence-corrected chi connectivity index (χ4v) is 3.89. The lowest BCUT2D eigenvalue weighted by molar-refractivity contribution is 0.0696. The number of aryl methyl sites for hydroxylation is 2. The highest BCUT2D eigenvalue weighted by Crippen LogP contribution is 2.39. The van der Waals surface area contributed by atoms with Gasteiger partial charge in [-0.1, -0.05) is 35.4 Å². The van der Waals surface area contributed by atoms with E-state index in [1.165, 1.54) is 35.7 Å². The number of benzene rings is 2. The Bertz CT molecular complexity index is 1410. The zero-order valence-corrected chi connectivity index (χ0v) is 20.9. The molecule has 37 heavy (non-hydrogen) atoms. The molecule has 0 saturated heterocycles. The van der Waals surface area contributed by atoms with Crippen molar-refractivity contribution in [3.8, 4) is 0 Å². The molecule has 0 aliphatic carbocycles. The third-order valence-electron chi connectivity index (χ3n) is 5.91. The van der Waals surface area contributed by atoms with E-state index in [9.17, 15) is 9.90 Å². The van der Waals surface area contributed by atoms with Crippen molar-refractivity contribution in [3.63, 3.8) is 0 Å². The van der Waals surface area contributed by atoms with Gasteiger partial charge in [0.15, 0.2) is 5.72 Å². The van der Waals surface area contributed by atoms with Crippen LogP contribution in [-0.4, -0.2) is 37.6 Å². The summed E-state index contributed by atoms with van der Waals surface area (Å²) in [5.74, 6) is -0.919. The van der Waals surface area contributed by atoms with E-state index in [0.29, 0.717) is 5.71 Å². The number of carboxylic acids is 1. The number of rotatable bonds is 4. The maximum Gasteiger partial charge on any atom is 0.335 e. The van der Waals surface area contributed by atoms with E-state index >= 15 is 0 Å². The third kappa shape index (κ3) is 5.97. The van der Waals surface area contributed by atoms with E-state index in [1.54, 1.807) is 19.3 Å². The highest BCUT2D eigenvalue weighted by molar-refractivity contribution is 6.16. The highest BCUT2D eigenvalue weighted by Gasteiger charge is 2.42. The Kier molecular flexibility index (Phi) is 7.55. The molecule has 0 fully saturated rings. The van der Waals surface area contributed by atoms with Gasteiger partial charge in [-0.3, -0.25) is 9.97 Å². The summed E-state index contributed by atoms with van der Waals surface area (Å²) in [5, 5.41) is 19.9. The number of carboxylic acid groups (broad SMARTS) is 1. The molecule has 0 amide bonds. The number of aliphatic hydroxyl groups is 1. The molecule has 0 unspecified atom stereocenters. The standard InChI is InChI=1S/C24H23N3O.C6H5NO2/c1-17-4-8-20(9-5-17)26-23-16-22(19-12-14-25-15-13-19)27(24(23,3)28)21-10-6-18(2)7-11-21;8-6(9)5-1-3-7-4-2-5/h4-16,28H,1-3H3;1-4H,(H,8,9)/t24-;/m1./s1. The molecule has 3 heterocycles. The van der Waals surface area contributed by atoms with Crippen molar-refractivity contribution < 1.29 is 15.0 Å². The first-order valence-electron chi connectivity index (χ1n) is 11.8. The second-order valence-electron chi connectivity index (χ2n) is 8.83. The van der Waals surface area contributed by atoms with Gasteiger partial charge in [-0.2, -0.15) is 0 Å². The van der Waals surface area contributed by atoms with Gasteiger partial charge in [0, 0.05) is 36.0 Å². The predicted octanol–water partition coefficient (Wildman–Crippen LogP) is 5.82. The normalized spacial score (nSPS) is 17.7. The number of aromatic nitrogens is 2. The smallest absolute Gasteiger partial charge is 0.335 e. The number of hydrogen-bond donors (Lipinski definition) is 2. The minimum atomic E-state index is -1.28. The number of nitrogens with zero attached hydrogens (tertiary/aromatic N) is 4. The summed E-state index contributed by atoms with van der Waals surface area (Å²) < 4.78 is 0. The lowest BCUT2D eigenvalue weighted by Gasteiger charge is -2.35. The molecule has 1 aliphatic rings. The lowest BCUT2D eigenvalue weighted by atomic mass is 10.1. The van der Waals surface area contributed by atoms with Crippen molar-refractivity contribution in [1.82, 2.24) is 9.97 Å². The number of aliphatic imine (C=N–C) groups is 1. The molecule has 2 aromatic heterocycles. The zero-order valence-electron chi connectivity index (χ0n) is 20.9. The van der Waals surface area contributed by atoms with Crippen molar-refractivity contribution in [2.24, 2.45) is 4.99 Å². The molecule has 7 heteroatoms. The number of anilines is 1. The summed E-state index contributed by atoms with van der Waals surface area (Å²) in [7, 11) is 0. The second kappa shape index (κ2) is 11.0. The minimum Gasteiger partial charge on any atom is -0.478 e. The molecule has 2 aromatic carbocycles. The first-order chi connectivity index (χ1) is 17.8. The number of aromatic carboxylic acids is 1. The third-order valence-corrected chi connectivity index (χ3v) is 5.91. The molecule has 0 saturated carbocycles. The van der Waals surface area contributed by atoms with Gasteiger partial charge in [0.2, 0.25) is 0 Å². The van der Waals surface area contributed by atoms with Gasteiger partial charge < -0.3 is 15.1 Å². The summed E-state index contributed by atoms with van der Waals surface area (Å²) in [4.78, 5) is 24.6. The molecule has 1 aliphatic heterocycles. The Balaban J connectivity index is 0.000000301. The Morgan fingerprint density at radius 1 is 0.811 bits per heavy atom. The number of carbonyl (C=O) groups is 1. The lowest BCUT2D eigenvalue weighted by Crippen LogP contribution is -2.46. The maximum atomic E-state index is 11.5. The van der Waals surface area contributed by atoms with Crippen LogP contribution in [0.4, 0.5) is 11.4 Å². The summed E-state index contributed by atoms with van der Waals surface area (Å²) in [6, 6.07) is 22.9. The number of pyridine rings is 2. The van der Waals surface area contributed by atoms with Crippen LogP contribution < -0.4 is 4.90 Å². The van der Waals surface area contributed by atoms with E-state index in [4.69, 9.17) is 10.1 Å². The first kappa shape index (κ1) is 25.5. The van der Waals surface area contributed by atoms with Crippen molar-refractivity contribution in [2.75, 3.05) is 4.90 Å². The quantitative estimate of drug-likeness (QED) is 0.372. The maximum absolute atomic E-state index is 11.5. The molecule has 0 bridgehead atoms. The average Bonchev–Trinajstić information content (AvgIpc) is 3.17. The fourth-order valence-electron chi connectivity index (χ4n) is 3.89. The Morgan fingerprint density at radius 2 is 1.32 bits per heavy atom. The van der Waals surface area contributed by atoms with Gasteiger partial charge in [0.1, 0.15) is 0 Å². The Labute approximate surface area is 216 Å². The van der Waals surface area contributed by atoms with E-state index in [-0.39, 0.29) is 5.56 Å². The van der Waals surface area contributed by atoms with Gasteiger partial charge in [-0.05, 0) is 75.4 Å². The molecule has 4 aromatic rings. The predicted molar refractivity (Wildman–Crippen MR) is 146 cm³/mol.